The van der Waals surface area contributed by atoms with E-state index in [1.54, 1.807) is 17.0 Å². The lowest BCUT2D eigenvalue weighted by Gasteiger charge is -2.26. The molecule has 0 N–H and O–H groups in total. The zero-order chi connectivity index (χ0) is 20.1. The van der Waals surface area contributed by atoms with Gasteiger partial charge in [0.1, 0.15) is 5.82 Å². The van der Waals surface area contributed by atoms with Gasteiger partial charge in [0, 0.05) is 30.1 Å². The number of ketones is 1. The molecule has 28 heavy (non-hydrogen) atoms. The van der Waals surface area contributed by atoms with Gasteiger partial charge in [-0.3, -0.25) is 19.7 Å². The average Bonchev–Trinajstić information content (AvgIpc) is 3.15. The van der Waals surface area contributed by atoms with E-state index in [2.05, 4.69) is 0 Å². The van der Waals surface area contributed by atoms with Gasteiger partial charge in [-0.05, 0) is 18.2 Å². The third-order valence-electron chi connectivity index (χ3n) is 4.10. The fourth-order valence-electron chi connectivity index (χ4n) is 2.67. The number of rotatable bonds is 7. The first-order valence-corrected chi connectivity index (χ1v) is 9.30. The number of Topliss-reactive ketones (excluding diaryl/α,β-unsaturated/α-hetero) is 1. The van der Waals surface area contributed by atoms with Crippen LogP contribution in [0, 0.1) is 15.9 Å². The quantitative estimate of drug-likeness (QED) is 0.396. The number of hydrogen-bond donors (Lipinski definition) is 0. The summed E-state index contributed by atoms with van der Waals surface area (Å²) in [5.74, 6) is -1.45. The normalized spacial score (nSPS) is 14.0. The van der Waals surface area contributed by atoms with Gasteiger partial charge in [-0.2, -0.15) is 0 Å². The summed E-state index contributed by atoms with van der Waals surface area (Å²) in [6.45, 7) is 1.67. The second-order valence-corrected chi connectivity index (χ2v) is 7.19. The average molecular weight is 408 g/mol. The van der Waals surface area contributed by atoms with E-state index in [-0.39, 0.29) is 18.1 Å². The smallest absolute Gasteiger partial charge is 0.311 e. The van der Waals surface area contributed by atoms with Crippen molar-refractivity contribution in [2.75, 3.05) is 32.9 Å². The fraction of sp³-hybridized carbons (Fsp3) is 0.333. The van der Waals surface area contributed by atoms with E-state index < -0.39 is 28.8 Å². The number of nitrogens with zero attached hydrogens (tertiary/aromatic N) is 2. The zero-order valence-electron chi connectivity index (χ0n) is 14.8. The number of carbonyl (C=O) groups excluding carboxylic acids is 2. The summed E-state index contributed by atoms with van der Waals surface area (Å²) in [7, 11) is 0. The number of halogens is 1. The maximum absolute atomic E-state index is 13.3. The first kappa shape index (κ1) is 19.9. The summed E-state index contributed by atoms with van der Waals surface area (Å²) < 4.78 is 23.7. The van der Waals surface area contributed by atoms with Gasteiger partial charge < -0.3 is 14.4 Å². The van der Waals surface area contributed by atoms with Crippen molar-refractivity contribution in [2.45, 2.75) is 6.42 Å². The third kappa shape index (κ3) is 4.90. The summed E-state index contributed by atoms with van der Waals surface area (Å²) in [4.78, 5) is 37.6. The predicted molar refractivity (Wildman–Crippen MR) is 98.3 cm³/mol. The van der Waals surface area contributed by atoms with E-state index in [0.717, 1.165) is 23.1 Å². The Kier molecular flexibility index (Phi) is 6.32. The first-order valence-electron chi connectivity index (χ1n) is 8.48. The molecule has 10 heteroatoms. The Morgan fingerprint density at radius 3 is 2.71 bits per heavy atom. The SMILES string of the molecule is O=C(COc1cc(F)ccc1[N+](=O)[O-])c1ccc(CC(=O)N2CCOCC2)s1. The van der Waals surface area contributed by atoms with Gasteiger partial charge in [0.2, 0.25) is 11.7 Å². The Labute approximate surface area is 163 Å². The number of nitro benzene ring substituents is 1. The molecule has 0 atom stereocenters. The predicted octanol–water partition coefficient (Wildman–Crippen LogP) is 2.46. The molecular formula is C18H17FN2O6S. The van der Waals surface area contributed by atoms with E-state index in [1.807, 2.05) is 0 Å². The van der Waals surface area contributed by atoms with Crippen molar-refractivity contribution in [3.8, 4) is 5.75 Å². The first-order chi connectivity index (χ1) is 13.4. The molecule has 0 saturated carbocycles. The van der Waals surface area contributed by atoms with Crippen molar-refractivity contribution in [3.05, 3.63) is 56.0 Å². The number of ether oxygens (including phenoxy) is 2. The summed E-state index contributed by atoms with van der Waals surface area (Å²) >= 11 is 1.17. The molecule has 1 fully saturated rings. The minimum Gasteiger partial charge on any atom is -0.478 e. The molecule has 3 rings (SSSR count). The molecule has 2 heterocycles. The lowest BCUT2D eigenvalue weighted by molar-refractivity contribution is -0.385. The van der Waals surface area contributed by atoms with Crippen LogP contribution in [-0.4, -0.2) is 54.4 Å². The van der Waals surface area contributed by atoms with Crippen LogP contribution in [0.3, 0.4) is 0 Å². The Bertz CT molecular complexity index is 894. The number of hydrogen-bond acceptors (Lipinski definition) is 7. The van der Waals surface area contributed by atoms with Gasteiger partial charge in [-0.1, -0.05) is 0 Å². The highest BCUT2D eigenvalue weighted by Crippen LogP contribution is 2.28. The zero-order valence-corrected chi connectivity index (χ0v) is 15.6. The highest BCUT2D eigenvalue weighted by Gasteiger charge is 2.20. The molecule has 1 amide bonds. The molecule has 0 spiro atoms. The highest BCUT2D eigenvalue weighted by molar-refractivity contribution is 7.14. The van der Waals surface area contributed by atoms with Crippen molar-refractivity contribution < 1.29 is 28.4 Å². The molecule has 148 valence electrons. The number of benzene rings is 1. The molecule has 1 aromatic carbocycles. The van der Waals surface area contributed by atoms with Gasteiger partial charge in [-0.25, -0.2) is 4.39 Å². The number of morpholine rings is 1. The van der Waals surface area contributed by atoms with Crippen LogP contribution in [0.2, 0.25) is 0 Å². The topological polar surface area (TPSA) is 99.0 Å². The van der Waals surface area contributed by atoms with E-state index in [0.29, 0.717) is 31.2 Å². The molecule has 0 unspecified atom stereocenters. The Balaban J connectivity index is 1.59. The van der Waals surface area contributed by atoms with Gasteiger partial charge >= 0.3 is 5.69 Å². The van der Waals surface area contributed by atoms with Crippen LogP contribution in [0.25, 0.3) is 0 Å². The molecule has 1 aromatic heterocycles. The summed E-state index contributed by atoms with van der Waals surface area (Å²) in [5.41, 5.74) is -0.419. The van der Waals surface area contributed by atoms with Gasteiger partial charge in [0.05, 0.1) is 29.4 Å². The van der Waals surface area contributed by atoms with E-state index in [4.69, 9.17) is 9.47 Å². The Morgan fingerprint density at radius 2 is 2.00 bits per heavy atom. The standard InChI is InChI=1S/C18H17FN2O6S/c19-12-1-3-14(21(24)25)16(9-12)27-11-15(22)17-4-2-13(28-17)10-18(23)20-5-7-26-8-6-20/h1-4,9H,5-8,10-11H2. The summed E-state index contributed by atoms with van der Waals surface area (Å²) in [6.07, 6.45) is 0.189. The second kappa shape index (κ2) is 8.89. The van der Waals surface area contributed by atoms with Gasteiger partial charge in [0.25, 0.3) is 0 Å². The van der Waals surface area contributed by atoms with E-state index in [9.17, 15) is 24.1 Å². The second-order valence-electron chi connectivity index (χ2n) is 6.02. The molecule has 8 nitrogen and oxygen atoms in total. The molecule has 0 aliphatic carbocycles. The molecule has 1 saturated heterocycles. The van der Waals surface area contributed by atoms with Crippen molar-refractivity contribution in [3.63, 3.8) is 0 Å². The van der Waals surface area contributed by atoms with Gasteiger partial charge in [-0.15, -0.1) is 11.3 Å². The number of thiophene rings is 1. The number of nitro groups is 1. The molecule has 1 aliphatic rings. The molecular weight excluding hydrogens is 391 g/mol. The maximum atomic E-state index is 13.3. The monoisotopic (exact) mass is 408 g/mol. The number of carbonyl (C=O) groups is 2. The van der Waals surface area contributed by atoms with Crippen molar-refractivity contribution in [1.82, 2.24) is 4.90 Å². The summed E-state index contributed by atoms with van der Waals surface area (Å²) in [6, 6.07) is 6.07. The van der Waals surface area contributed by atoms with Crippen molar-refractivity contribution in [1.29, 1.82) is 0 Å². The lowest BCUT2D eigenvalue weighted by atomic mass is 10.2. The van der Waals surface area contributed by atoms with Crippen LogP contribution in [0.5, 0.6) is 5.75 Å². The van der Waals surface area contributed by atoms with Crippen LogP contribution in [0.4, 0.5) is 10.1 Å². The highest BCUT2D eigenvalue weighted by atomic mass is 32.1. The minimum absolute atomic E-state index is 0.0317. The van der Waals surface area contributed by atoms with Crippen molar-refractivity contribution >= 4 is 28.7 Å². The largest absolute Gasteiger partial charge is 0.478 e. The third-order valence-corrected chi connectivity index (χ3v) is 5.23. The fourth-order valence-corrected chi connectivity index (χ4v) is 3.59. The molecule has 1 aliphatic heterocycles. The molecule has 0 bridgehead atoms. The lowest BCUT2D eigenvalue weighted by Crippen LogP contribution is -2.41. The van der Waals surface area contributed by atoms with Crippen LogP contribution in [0.1, 0.15) is 14.5 Å². The number of amides is 1. The molecule has 2 aromatic rings. The van der Waals surface area contributed by atoms with Crippen LogP contribution in [0.15, 0.2) is 30.3 Å². The van der Waals surface area contributed by atoms with Crippen molar-refractivity contribution in [2.24, 2.45) is 0 Å². The minimum atomic E-state index is -0.709. The molecule has 0 radical (unpaired) electrons. The van der Waals surface area contributed by atoms with E-state index in [1.165, 1.54) is 11.3 Å². The van der Waals surface area contributed by atoms with E-state index >= 15 is 0 Å². The Morgan fingerprint density at radius 1 is 1.25 bits per heavy atom. The van der Waals surface area contributed by atoms with Crippen LogP contribution >= 0.6 is 11.3 Å². The van der Waals surface area contributed by atoms with Crippen LogP contribution < -0.4 is 4.74 Å². The van der Waals surface area contributed by atoms with Crippen LogP contribution in [-0.2, 0) is 16.0 Å². The maximum Gasteiger partial charge on any atom is 0.311 e. The van der Waals surface area contributed by atoms with Gasteiger partial charge in [0.15, 0.2) is 12.4 Å². The summed E-state index contributed by atoms with van der Waals surface area (Å²) in [5, 5.41) is 11.0. The Hall–Kier alpha value is -2.85.